The molecule has 6 heteroatoms. The van der Waals surface area contributed by atoms with Crippen LogP contribution in [0.1, 0.15) is 28.8 Å². The second-order valence-electron chi connectivity index (χ2n) is 7.23. The number of aromatic nitrogens is 2. The fourth-order valence-electron chi connectivity index (χ4n) is 3.85. The van der Waals surface area contributed by atoms with Crippen molar-refractivity contribution in [2.24, 2.45) is 5.92 Å². The molecule has 3 aromatic rings. The molecular formula is C22H23N3O3. The molecule has 0 saturated carbocycles. The Morgan fingerprint density at radius 1 is 1.21 bits per heavy atom. The molecule has 3 heterocycles. The predicted octanol–water partition coefficient (Wildman–Crippen LogP) is 3.03. The fourth-order valence-corrected chi connectivity index (χ4v) is 3.85. The maximum atomic E-state index is 13.2. The Kier molecular flexibility index (Phi) is 5.10. The van der Waals surface area contributed by atoms with Crippen molar-refractivity contribution in [2.45, 2.75) is 19.3 Å². The van der Waals surface area contributed by atoms with Gasteiger partial charge in [-0.2, -0.15) is 0 Å². The Balaban J connectivity index is 1.47. The summed E-state index contributed by atoms with van der Waals surface area (Å²) < 4.78 is 5.29. The van der Waals surface area contributed by atoms with E-state index in [1.165, 1.54) is 0 Å². The first kappa shape index (κ1) is 18.2. The van der Waals surface area contributed by atoms with Crippen LogP contribution in [0, 0.1) is 5.92 Å². The Bertz CT molecular complexity index is 1030. The Morgan fingerprint density at radius 3 is 2.71 bits per heavy atom. The maximum Gasteiger partial charge on any atom is 0.254 e. The summed E-state index contributed by atoms with van der Waals surface area (Å²) in [6.07, 6.45) is 4.61. The number of hydrogen-bond acceptors (Lipinski definition) is 4. The van der Waals surface area contributed by atoms with E-state index < -0.39 is 0 Å². The van der Waals surface area contributed by atoms with E-state index in [-0.39, 0.29) is 11.5 Å². The van der Waals surface area contributed by atoms with Gasteiger partial charge in [-0.1, -0.05) is 24.3 Å². The number of benzene rings is 1. The minimum Gasteiger partial charge on any atom is -0.481 e. The lowest BCUT2D eigenvalue weighted by Crippen LogP contribution is -2.39. The van der Waals surface area contributed by atoms with E-state index in [1.807, 2.05) is 35.2 Å². The summed E-state index contributed by atoms with van der Waals surface area (Å²) >= 11 is 0. The van der Waals surface area contributed by atoms with E-state index in [1.54, 1.807) is 25.4 Å². The molecule has 144 valence electrons. The van der Waals surface area contributed by atoms with E-state index in [0.29, 0.717) is 17.4 Å². The molecule has 1 aliphatic rings. The van der Waals surface area contributed by atoms with Crippen LogP contribution in [0.15, 0.2) is 53.5 Å². The first-order chi connectivity index (χ1) is 13.6. The molecule has 1 N–H and O–H groups in total. The third kappa shape index (κ3) is 3.76. The van der Waals surface area contributed by atoms with Crippen LogP contribution in [0.25, 0.3) is 10.9 Å². The van der Waals surface area contributed by atoms with Crippen LogP contribution in [0.4, 0.5) is 0 Å². The van der Waals surface area contributed by atoms with Crippen LogP contribution in [-0.2, 0) is 6.42 Å². The zero-order chi connectivity index (χ0) is 19.5. The third-order valence-corrected chi connectivity index (χ3v) is 5.41. The van der Waals surface area contributed by atoms with Crippen LogP contribution in [0.3, 0.4) is 0 Å². The van der Waals surface area contributed by atoms with E-state index >= 15 is 0 Å². The molecule has 6 nitrogen and oxygen atoms in total. The number of nitrogens with one attached hydrogen (secondary N) is 1. The summed E-state index contributed by atoms with van der Waals surface area (Å²) in [5, 5.41) is 0.851. The molecule has 1 aliphatic heterocycles. The second kappa shape index (κ2) is 7.84. The number of aromatic amines is 1. The number of rotatable bonds is 4. The summed E-state index contributed by atoms with van der Waals surface area (Å²) in [4.78, 5) is 33.5. The third-order valence-electron chi connectivity index (χ3n) is 5.41. The molecule has 0 aliphatic carbocycles. The van der Waals surface area contributed by atoms with E-state index in [9.17, 15) is 9.59 Å². The molecule has 0 atom stereocenters. The molecule has 1 aromatic carbocycles. The van der Waals surface area contributed by atoms with Crippen molar-refractivity contribution in [1.82, 2.24) is 14.9 Å². The van der Waals surface area contributed by atoms with Crippen LogP contribution in [0.5, 0.6) is 5.88 Å². The lowest BCUT2D eigenvalue weighted by Gasteiger charge is -2.32. The minimum absolute atomic E-state index is 0.0272. The average molecular weight is 377 g/mol. The van der Waals surface area contributed by atoms with Crippen LogP contribution in [-0.4, -0.2) is 41.0 Å². The number of nitrogens with zero attached hydrogens (tertiary/aromatic N) is 2. The molecule has 1 saturated heterocycles. The molecule has 28 heavy (non-hydrogen) atoms. The summed E-state index contributed by atoms with van der Waals surface area (Å²) in [7, 11) is 1.56. The number of methoxy groups -OCH3 is 1. The van der Waals surface area contributed by atoms with Gasteiger partial charge in [-0.05, 0) is 36.8 Å². The molecular weight excluding hydrogens is 354 g/mol. The zero-order valence-corrected chi connectivity index (χ0v) is 15.9. The van der Waals surface area contributed by atoms with Crippen LogP contribution in [0.2, 0.25) is 0 Å². The van der Waals surface area contributed by atoms with Gasteiger partial charge in [0.15, 0.2) is 0 Å². The number of pyridine rings is 2. The Hall–Kier alpha value is -3.15. The zero-order valence-electron chi connectivity index (χ0n) is 15.9. The lowest BCUT2D eigenvalue weighted by molar-refractivity contribution is 0.0692. The maximum absolute atomic E-state index is 13.2. The molecule has 1 amide bonds. The van der Waals surface area contributed by atoms with Crippen molar-refractivity contribution in [3.63, 3.8) is 0 Å². The average Bonchev–Trinajstić information content (AvgIpc) is 2.74. The number of H-pyrrole nitrogens is 1. The van der Waals surface area contributed by atoms with Crippen molar-refractivity contribution in [1.29, 1.82) is 0 Å². The quantitative estimate of drug-likeness (QED) is 0.758. The number of carbonyl (C=O) groups excluding carboxylic acids is 1. The largest absolute Gasteiger partial charge is 0.481 e. The number of fused-ring (bicyclic) bond motifs is 1. The predicted molar refractivity (Wildman–Crippen MR) is 108 cm³/mol. The van der Waals surface area contributed by atoms with Crippen molar-refractivity contribution in [3.05, 3.63) is 70.1 Å². The normalized spacial score (nSPS) is 15.0. The Morgan fingerprint density at radius 2 is 2.00 bits per heavy atom. The molecule has 0 unspecified atom stereocenters. The summed E-state index contributed by atoms with van der Waals surface area (Å²) in [5.41, 5.74) is 2.46. The number of piperidine rings is 1. The highest BCUT2D eigenvalue weighted by molar-refractivity contribution is 6.06. The van der Waals surface area contributed by atoms with Gasteiger partial charge in [-0.3, -0.25) is 9.59 Å². The van der Waals surface area contributed by atoms with Gasteiger partial charge in [0, 0.05) is 36.8 Å². The van der Waals surface area contributed by atoms with Crippen molar-refractivity contribution < 1.29 is 9.53 Å². The monoisotopic (exact) mass is 377 g/mol. The van der Waals surface area contributed by atoms with Gasteiger partial charge in [0.1, 0.15) is 0 Å². The van der Waals surface area contributed by atoms with Crippen LogP contribution >= 0.6 is 0 Å². The second-order valence-corrected chi connectivity index (χ2v) is 7.23. The number of carbonyl (C=O) groups is 1. The highest BCUT2D eigenvalue weighted by Gasteiger charge is 2.25. The van der Waals surface area contributed by atoms with Crippen LogP contribution < -0.4 is 10.3 Å². The van der Waals surface area contributed by atoms with Gasteiger partial charge < -0.3 is 14.6 Å². The number of hydrogen-bond donors (Lipinski definition) is 1. The first-order valence-electron chi connectivity index (χ1n) is 9.54. The summed E-state index contributed by atoms with van der Waals surface area (Å²) in [5.74, 6) is 0.994. The first-order valence-corrected chi connectivity index (χ1v) is 9.54. The van der Waals surface area contributed by atoms with E-state index in [2.05, 4.69) is 9.97 Å². The SMILES string of the molecule is COc1cc(C(=O)N2CCC(Cc3ccc(=O)[nH]c3)CC2)c2ccccc2n1. The van der Waals surface area contributed by atoms with Crippen molar-refractivity contribution >= 4 is 16.8 Å². The molecule has 1 fully saturated rings. The van der Waals surface area contributed by atoms with E-state index in [0.717, 1.165) is 48.8 Å². The van der Waals surface area contributed by atoms with Gasteiger partial charge in [0.2, 0.25) is 11.4 Å². The number of amides is 1. The number of ether oxygens (including phenoxy) is 1. The van der Waals surface area contributed by atoms with Gasteiger partial charge in [-0.15, -0.1) is 0 Å². The highest BCUT2D eigenvalue weighted by atomic mass is 16.5. The Labute approximate surface area is 163 Å². The van der Waals surface area contributed by atoms with Gasteiger partial charge in [-0.25, -0.2) is 4.98 Å². The fraction of sp³-hybridized carbons (Fsp3) is 0.318. The van der Waals surface area contributed by atoms with Crippen molar-refractivity contribution in [2.75, 3.05) is 20.2 Å². The summed E-state index contributed by atoms with van der Waals surface area (Å²) in [6, 6.07) is 12.8. The van der Waals surface area contributed by atoms with E-state index in [4.69, 9.17) is 4.74 Å². The number of likely N-dealkylation sites (tertiary alicyclic amines) is 1. The molecule has 4 rings (SSSR count). The topological polar surface area (TPSA) is 75.3 Å². The molecule has 0 radical (unpaired) electrons. The van der Waals surface area contributed by atoms with Crippen molar-refractivity contribution in [3.8, 4) is 5.88 Å². The molecule has 0 spiro atoms. The molecule has 2 aromatic heterocycles. The summed E-state index contributed by atoms with van der Waals surface area (Å²) in [6.45, 7) is 1.46. The number of para-hydroxylation sites is 1. The van der Waals surface area contributed by atoms with Gasteiger partial charge in [0.25, 0.3) is 5.91 Å². The standard InChI is InChI=1S/C22H23N3O3/c1-28-21-13-18(17-4-2-3-5-19(17)24-21)22(27)25-10-8-15(9-11-25)12-16-6-7-20(26)23-14-16/h2-7,13-15H,8-12H2,1H3,(H,23,26). The highest BCUT2D eigenvalue weighted by Crippen LogP contribution is 2.26. The smallest absolute Gasteiger partial charge is 0.254 e. The lowest BCUT2D eigenvalue weighted by atomic mass is 9.90. The van der Waals surface area contributed by atoms with Gasteiger partial charge in [0.05, 0.1) is 18.2 Å². The van der Waals surface area contributed by atoms with Gasteiger partial charge >= 0.3 is 0 Å². The minimum atomic E-state index is -0.0795. The molecule has 0 bridgehead atoms.